The minimum Gasteiger partial charge on any atom is -0.466 e. The van der Waals surface area contributed by atoms with Gasteiger partial charge in [0.15, 0.2) is 5.16 Å². The van der Waals surface area contributed by atoms with Crippen LogP contribution in [-0.4, -0.2) is 51.3 Å². The molecule has 1 amide bonds. The maximum Gasteiger partial charge on any atom is 0.309 e. The Kier molecular flexibility index (Phi) is 8.20. The van der Waals surface area contributed by atoms with Crippen molar-refractivity contribution in [2.45, 2.75) is 77.3 Å². The molecule has 0 radical (unpaired) electrons. The average Bonchev–Trinajstić information content (AvgIpc) is 2.92. The van der Waals surface area contributed by atoms with Crippen LogP contribution >= 0.6 is 11.8 Å². The summed E-state index contributed by atoms with van der Waals surface area (Å²) in [6.45, 7) is 12.7. The largest absolute Gasteiger partial charge is 0.466 e. The highest BCUT2D eigenvalue weighted by Crippen LogP contribution is 2.28. The van der Waals surface area contributed by atoms with E-state index in [1.54, 1.807) is 11.8 Å². The van der Waals surface area contributed by atoms with Crippen LogP contribution in [0.1, 0.15) is 57.8 Å². The minimum absolute atomic E-state index is 0.0739. The normalized spacial score (nSPS) is 16.4. The zero-order valence-corrected chi connectivity index (χ0v) is 18.1. The van der Waals surface area contributed by atoms with Gasteiger partial charge in [-0.15, -0.1) is 0 Å². The number of imidazole rings is 1. The highest BCUT2D eigenvalue weighted by Gasteiger charge is 2.31. The molecule has 1 unspecified atom stereocenters. The summed E-state index contributed by atoms with van der Waals surface area (Å²) in [5, 5.41) is 0.742. The smallest absolute Gasteiger partial charge is 0.309 e. The van der Waals surface area contributed by atoms with Crippen LogP contribution in [0.4, 0.5) is 0 Å². The van der Waals surface area contributed by atoms with E-state index in [1.165, 1.54) is 5.69 Å². The predicted molar refractivity (Wildman–Crippen MR) is 108 cm³/mol. The number of amides is 1. The molecule has 1 atom stereocenters. The maximum absolute atomic E-state index is 12.9. The van der Waals surface area contributed by atoms with E-state index in [0.29, 0.717) is 32.5 Å². The summed E-state index contributed by atoms with van der Waals surface area (Å²) < 4.78 is 7.34. The number of unbranched alkanes of at least 4 members (excludes halogenated alkanes) is 1. The summed E-state index contributed by atoms with van der Waals surface area (Å²) in [6.07, 6.45) is 3.61. The van der Waals surface area contributed by atoms with Crippen LogP contribution in [0, 0.1) is 19.8 Å². The number of ether oxygens (including phenoxy) is 1. The second kappa shape index (κ2) is 10.2. The van der Waals surface area contributed by atoms with Gasteiger partial charge in [0.25, 0.3) is 0 Å². The Hall–Kier alpha value is -1.50. The van der Waals surface area contributed by atoms with Gasteiger partial charge in [0.2, 0.25) is 5.91 Å². The zero-order chi connectivity index (χ0) is 20.0. The molecule has 1 aliphatic heterocycles. The monoisotopic (exact) mass is 395 g/mol. The van der Waals surface area contributed by atoms with Crippen molar-refractivity contribution in [3.05, 3.63) is 11.4 Å². The Morgan fingerprint density at radius 3 is 2.52 bits per heavy atom. The summed E-state index contributed by atoms with van der Waals surface area (Å²) in [5.74, 6) is -0.0752. The molecule has 1 aromatic rings. The van der Waals surface area contributed by atoms with Crippen LogP contribution in [0.3, 0.4) is 0 Å². The lowest BCUT2D eigenvalue weighted by atomic mass is 9.97. The molecule has 2 rings (SSSR count). The van der Waals surface area contributed by atoms with Gasteiger partial charge in [0.05, 0.1) is 23.5 Å². The molecule has 1 saturated heterocycles. The first-order chi connectivity index (χ1) is 12.9. The van der Waals surface area contributed by atoms with E-state index in [0.717, 1.165) is 30.2 Å². The van der Waals surface area contributed by atoms with E-state index in [2.05, 4.69) is 23.4 Å². The third kappa shape index (κ3) is 5.50. The number of rotatable bonds is 8. The summed E-state index contributed by atoms with van der Waals surface area (Å²) in [7, 11) is 0. The average molecular weight is 396 g/mol. The van der Waals surface area contributed by atoms with Gasteiger partial charge >= 0.3 is 5.97 Å². The van der Waals surface area contributed by atoms with Crippen molar-refractivity contribution >= 4 is 23.6 Å². The molecule has 6 nitrogen and oxygen atoms in total. The van der Waals surface area contributed by atoms with Gasteiger partial charge in [-0.1, -0.05) is 25.1 Å². The lowest BCUT2D eigenvalue weighted by Gasteiger charge is -2.32. The molecule has 0 bridgehead atoms. The van der Waals surface area contributed by atoms with Crippen molar-refractivity contribution in [2.75, 3.05) is 19.7 Å². The molecular weight excluding hydrogens is 362 g/mol. The van der Waals surface area contributed by atoms with Crippen molar-refractivity contribution in [3.63, 3.8) is 0 Å². The summed E-state index contributed by atoms with van der Waals surface area (Å²) in [5.41, 5.74) is 2.21. The predicted octanol–water partition coefficient (Wildman–Crippen LogP) is 3.58. The summed E-state index contributed by atoms with van der Waals surface area (Å²) in [4.78, 5) is 31.3. The molecule has 27 heavy (non-hydrogen) atoms. The number of hydrogen-bond donors (Lipinski definition) is 0. The third-order valence-electron chi connectivity index (χ3n) is 5.21. The van der Waals surface area contributed by atoms with Crippen LogP contribution in [0.2, 0.25) is 0 Å². The molecule has 7 heteroatoms. The highest BCUT2D eigenvalue weighted by atomic mass is 32.2. The molecule has 0 spiro atoms. The van der Waals surface area contributed by atoms with Crippen molar-refractivity contribution in [1.82, 2.24) is 14.5 Å². The molecule has 0 N–H and O–H groups in total. The van der Waals surface area contributed by atoms with E-state index in [-0.39, 0.29) is 23.0 Å². The molecular formula is C20H33N3O3S. The standard InChI is InChI=1S/C20H33N3O3S/c1-6-8-11-23-15(4)14(3)21-20(23)27-16(5)18(24)22-12-9-17(10-13-22)19(25)26-7-2/h16-17H,6-13H2,1-5H3. The van der Waals surface area contributed by atoms with Gasteiger partial charge < -0.3 is 14.2 Å². The number of aryl methyl sites for hydroxylation is 1. The maximum atomic E-state index is 12.9. The molecule has 0 aliphatic carbocycles. The number of aromatic nitrogens is 2. The lowest BCUT2D eigenvalue weighted by molar-refractivity contribution is -0.151. The van der Waals surface area contributed by atoms with E-state index in [1.807, 2.05) is 25.7 Å². The number of nitrogens with zero attached hydrogens (tertiary/aromatic N) is 3. The Morgan fingerprint density at radius 1 is 1.26 bits per heavy atom. The number of likely N-dealkylation sites (tertiary alicyclic amines) is 1. The number of piperidine rings is 1. The van der Waals surface area contributed by atoms with E-state index in [9.17, 15) is 9.59 Å². The van der Waals surface area contributed by atoms with Crippen LogP contribution in [0.5, 0.6) is 0 Å². The molecule has 152 valence electrons. The Bertz CT molecular complexity index is 651. The van der Waals surface area contributed by atoms with Crippen molar-refractivity contribution in [2.24, 2.45) is 5.92 Å². The first kappa shape index (κ1) is 21.8. The number of carbonyl (C=O) groups excluding carboxylic acids is 2. The number of hydrogen-bond acceptors (Lipinski definition) is 5. The first-order valence-electron chi connectivity index (χ1n) is 10.0. The minimum atomic E-state index is -0.189. The number of thioether (sulfide) groups is 1. The first-order valence-corrected chi connectivity index (χ1v) is 10.9. The van der Waals surface area contributed by atoms with Crippen LogP contribution in [0.15, 0.2) is 5.16 Å². The van der Waals surface area contributed by atoms with E-state index < -0.39 is 0 Å². The highest BCUT2D eigenvalue weighted by molar-refractivity contribution is 8.00. The molecule has 0 saturated carbocycles. The van der Waals surface area contributed by atoms with Crippen LogP contribution in [-0.2, 0) is 20.9 Å². The fourth-order valence-corrected chi connectivity index (χ4v) is 4.47. The fourth-order valence-electron chi connectivity index (χ4n) is 3.35. The second-order valence-electron chi connectivity index (χ2n) is 7.18. The molecule has 2 heterocycles. The Balaban J connectivity index is 1.95. The van der Waals surface area contributed by atoms with Gasteiger partial charge in [-0.05, 0) is 47.0 Å². The fraction of sp³-hybridized carbons (Fsp3) is 0.750. The topological polar surface area (TPSA) is 64.4 Å². The van der Waals surface area contributed by atoms with Gasteiger partial charge in [-0.25, -0.2) is 4.98 Å². The Morgan fingerprint density at radius 2 is 1.93 bits per heavy atom. The van der Waals surface area contributed by atoms with Gasteiger partial charge in [-0.3, -0.25) is 9.59 Å². The molecule has 1 aromatic heterocycles. The number of esters is 1. The second-order valence-corrected chi connectivity index (χ2v) is 8.49. The molecule has 0 aromatic carbocycles. The van der Waals surface area contributed by atoms with E-state index >= 15 is 0 Å². The SMILES string of the molecule is CCCCn1c(SC(C)C(=O)N2CCC(C(=O)OCC)CC2)nc(C)c1C. The van der Waals surface area contributed by atoms with Gasteiger partial charge in [0.1, 0.15) is 0 Å². The van der Waals surface area contributed by atoms with Crippen molar-refractivity contribution in [1.29, 1.82) is 0 Å². The Labute approximate surface area is 167 Å². The molecule has 1 fully saturated rings. The van der Waals surface area contributed by atoms with Crippen LogP contribution < -0.4 is 0 Å². The zero-order valence-electron chi connectivity index (χ0n) is 17.3. The van der Waals surface area contributed by atoms with Crippen molar-refractivity contribution in [3.8, 4) is 0 Å². The van der Waals surface area contributed by atoms with Crippen LogP contribution in [0.25, 0.3) is 0 Å². The van der Waals surface area contributed by atoms with Gasteiger partial charge in [0, 0.05) is 25.3 Å². The van der Waals surface area contributed by atoms with Gasteiger partial charge in [-0.2, -0.15) is 0 Å². The van der Waals surface area contributed by atoms with Crippen molar-refractivity contribution < 1.29 is 14.3 Å². The third-order valence-corrected chi connectivity index (χ3v) is 6.29. The van der Waals surface area contributed by atoms with E-state index in [4.69, 9.17) is 4.74 Å². The lowest BCUT2D eigenvalue weighted by Crippen LogP contribution is -2.43. The summed E-state index contributed by atoms with van der Waals surface area (Å²) >= 11 is 1.54. The quantitative estimate of drug-likeness (QED) is 0.497. The number of carbonyl (C=O) groups is 2. The molecule has 1 aliphatic rings. The summed E-state index contributed by atoms with van der Waals surface area (Å²) in [6, 6.07) is 0.